The number of rotatable bonds is 6. The second-order valence-electron chi connectivity index (χ2n) is 9.58. The predicted molar refractivity (Wildman–Crippen MR) is 159 cm³/mol. The molecule has 0 radical (unpaired) electrons. The summed E-state index contributed by atoms with van der Waals surface area (Å²) >= 11 is 2.99. The summed E-state index contributed by atoms with van der Waals surface area (Å²) in [5.74, 6) is -0.450. The maximum absolute atomic E-state index is 14.0. The molecule has 200 valence electrons. The molecular formula is C31H31N3O3S2. The van der Waals surface area contributed by atoms with Crippen LogP contribution in [0.5, 0.6) is 0 Å². The smallest absolute Gasteiger partial charge is 0.338 e. The molecule has 2 aromatic carbocycles. The Balaban J connectivity index is 1.69. The number of thioether (sulfide) groups is 1. The van der Waals surface area contributed by atoms with E-state index in [4.69, 9.17) is 9.73 Å². The summed E-state index contributed by atoms with van der Waals surface area (Å²) in [4.78, 5) is 33.5. The molecule has 0 bridgehead atoms. The Hall–Kier alpha value is -3.62. The van der Waals surface area contributed by atoms with E-state index < -0.39 is 12.0 Å². The van der Waals surface area contributed by atoms with Crippen molar-refractivity contribution in [1.82, 2.24) is 9.13 Å². The van der Waals surface area contributed by atoms with Crippen molar-refractivity contribution in [3.63, 3.8) is 0 Å². The van der Waals surface area contributed by atoms with Gasteiger partial charge in [-0.1, -0.05) is 35.6 Å². The van der Waals surface area contributed by atoms with Crippen LogP contribution in [0.4, 0.5) is 0 Å². The lowest BCUT2D eigenvalue weighted by atomic mass is 9.96. The fourth-order valence-corrected chi connectivity index (χ4v) is 6.58. The number of hydrogen-bond acceptors (Lipinski definition) is 6. The summed E-state index contributed by atoms with van der Waals surface area (Å²) < 4.78 is 9.82. The molecular weight excluding hydrogens is 526 g/mol. The highest BCUT2D eigenvalue weighted by molar-refractivity contribution is 7.98. The molecule has 0 spiro atoms. The summed E-state index contributed by atoms with van der Waals surface area (Å²) in [6.07, 6.45) is 3.96. The number of hydrogen-bond donors (Lipinski definition) is 0. The van der Waals surface area contributed by atoms with Crippen LogP contribution >= 0.6 is 23.1 Å². The van der Waals surface area contributed by atoms with Gasteiger partial charge in [-0.2, -0.15) is 0 Å². The van der Waals surface area contributed by atoms with Gasteiger partial charge in [0.2, 0.25) is 0 Å². The van der Waals surface area contributed by atoms with Crippen LogP contribution in [0.2, 0.25) is 0 Å². The van der Waals surface area contributed by atoms with E-state index >= 15 is 0 Å². The van der Waals surface area contributed by atoms with E-state index in [1.54, 1.807) is 23.3 Å². The lowest BCUT2D eigenvalue weighted by Gasteiger charge is -2.24. The number of carbonyl (C=O) groups is 1. The number of carbonyl (C=O) groups excluding carboxylic acids is 1. The molecule has 0 fully saturated rings. The van der Waals surface area contributed by atoms with Gasteiger partial charge in [-0.15, -0.1) is 11.8 Å². The van der Waals surface area contributed by atoms with E-state index in [9.17, 15) is 9.59 Å². The molecule has 4 aromatic rings. The summed E-state index contributed by atoms with van der Waals surface area (Å²) in [6, 6.07) is 17.8. The fourth-order valence-electron chi connectivity index (χ4n) is 5.13. The number of thiazole rings is 1. The van der Waals surface area contributed by atoms with Crippen LogP contribution in [-0.2, 0) is 9.53 Å². The zero-order chi connectivity index (χ0) is 27.8. The first-order chi connectivity index (χ1) is 18.7. The number of esters is 1. The third-order valence-electron chi connectivity index (χ3n) is 6.97. The molecule has 39 heavy (non-hydrogen) atoms. The molecule has 0 saturated carbocycles. The highest BCUT2D eigenvalue weighted by atomic mass is 32.2. The summed E-state index contributed by atoms with van der Waals surface area (Å²) in [6.45, 7) is 10.0. The van der Waals surface area contributed by atoms with Crippen molar-refractivity contribution in [2.24, 2.45) is 4.99 Å². The Morgan fingerprint density at radius 3 is 2.51 bits per heavy atom. The van der Waals surface area contributed by atoms with E-state index in [-0.39, 0.29) is 12.2 Å². The first-order valence-corrected chi connectivity index (χ1v) is 14.9. The van der Waals surface area contributed by atoms with Crippen LogP contribution in [0.25, 0.3) is 11.8 Å². The largest absolute Gasteiger partial charge is 0.463 e. The van der Waals surface area contributed by atoms with E-state index in [2.05, 4.69) is 55.7 Å². The van der Waals surface area contributed by atoms with E-state index in [0.717, 1.165) is 33.1 Å². The monoisotopic (exact) mass is 557 g/mol. The lowest BCUT2D eigenvalue weighted by molar-refractivity contribution is -0.139. The van der Waals surface area contributed by atoms with Gasteiger partial charge >= 0.3 is 5.97 Å². The summed E-state index contributed by atoms with van der Waals surface area (Å²) in [5, 5.41) is 0. The van der Waals surface area contributed by atoms with Gasteiger partial charge in [0.15, 0.2) is 4.80 Å². The third kappa shape index (κ3) is 4.94. The molecule has 0 N–H and O–H groups in total. The van der Waals surface area contributed by atoms with Gasteiger partial charge in [0, 0.05) is 22.0 Å². The second kappa shape index (κ2) is 10.9. The average molecular weight is 558 g/mol. The van der Waals surface area contributed by atoms with Crippen LogP contribution in [0, 0.1) is 20.8 Å². The number of nitrogens with zero attached hydrogens (tertiary/aromatic N) is 3. The molecule has 1 atom stereocenters. The molecule has 0 saturated heterocycles. The number of ether oxygens (including phenoxy) is 1. The molecule has 1 aliphatic heterocycles. The van der Waals surface area contributed by atoms with E-state index in [1.165, 1.54) is 16.9 Å². The molecule has 0 amide bonds. The highest BCUT2D eigenvalue weighted by Gasteiger charge is 2.33. The van der Waals surface area contributed by atoms with Gasteiger partial charge in [0.25, 0.3) is 5.56 Å². The van der Waals surface area contributed by atoms with Gasteiger partial charge in [-0.3, -0.25) is 9.36 Å². The van der Waals surface area contributed by atoms with Crippen molar-refractivity contribution in [2.75, 3.05) is 12.9 Å². The average Bonchev–Trinajstić information content (AvgIpc) is 3.37. The molecule has 0 aliphatic carbocycles. The van der Waals surface area contributed by atoms with Gasteiger partial charge in [0.1, 0.15) is 0 Å². The van der Waals surface area contributed by atoms with Crippen LogP contribution in [0.3, 0.4) is 0 Å². The molecule has 8 heteroatoms. The van der Waals surface area contributed by atoms with Gasteiger partial charge in [-0.25, -0.2) is 9.79 Å². The first kappa shape index (κ1) is 27.0. The third-order valence-corrected chi connectivity index (χ3v) is 8.69. The Morgan fingerprint density at radius 1 is 1.10 bits per heavy atom. The molecule has 5 rings (SSSR count). The normalized spacial score (nSPS) is 15.3. The van der Waals surface area contributed by atoms with Gasteiger partial charge in [-0.05, 0) is 94.0 Å². The fraction of sp³-hybridized carbons (Fsp3) is 0.258. The number of allylic oxidation sites excluding steroid dienone is 1. The topological polar surface area (TPSA) is 65.6 Å². The standard InChI is InChI=1S/C31H31N3O3S2/c1-7-37-30(36)27-20(4)32-31-34(28(27)22-11-13-25(38-6)14-12-22)29(35)26(39-31)17-23-16-19(3)33(21(23)5)24-10-8-9-18(2)15-24/h8-17,28H,7H2,1-6H3/b26-17+/t28-/m1/s1. The summed E-state index contributed by atoms with van der Waals surface area (Å²) in [5.41, 5.74) is 7.02. The lowest BCUT2D eigenvalue weighted by Crippen LogP contribution is -2.39. The molecule has 0 unspecified atom stereocenters. The molecule has 1 aliphatic rings. The maximum atomic E-state index is 14.0. The van der Waals surface area contributed by atoms with Crippen molar-refractivity contribution < 1.29 is 9.53 Å². The van der Waals surface area contributed by atoms with Crippen LogP contribution in [-0.4, -0.2) is 28.0 Å². The highest BCUT2D eigenvalue weighted by Crippen LogP contribution is 2.32. The van der Waals surface area contributed by atoms with E-state index in [1.807, 2.05) is 43.5 Å². The SMILES string of the molecule is CCOC(=O)C1=C(C)N=c2s/c(=C/c3cc(C)n(-c4cccc(C)c4)c3C)c(=O)n2[C@@H]1c1ccc(SC)cc1. The van der Waals surface area contributed by atoms with Crippen molar-refractivity contribution in [3.8, 4) is 5.69 Å². The molecule has 2 aromatic heterocycles. The van der Waals surface area contributed by atoms with Crippen molar-refractivity contribution in [2.45, 2.75) is 45.6 Å². The number of aromatic nitrogens is 2. The van der Waals surface area contributed by atoms with Crippen LogP contribution in [0.15, 0.2) is 80.5 Å². The maximum Gasteiger partial charge on any atom is 0.338 e. The van der Waals surface area contributed by atoms with E-state index in [0.29, 0.717) is 20.6 Å². The van der Waals surface area contributed by atoms with Crippen molar-refractivity contribution in [3.05, 3.63) is 114 Å². The molecule has 6 nitrogen and oxygen atoms in total. The second-order valence-corrected chi connectivity index (χ2v) is 11.5. The predicted octanol–water partition coefficient (Wildman–Crippen LogP) is 5.24. The Kier molecular flexibility index (Phi) is 7.51. The zero-order valence-corrected chi connectivity index (χ0v) is 24.6. The summed E-state index contributed by atoms with van der Waals surface area (Å²) in [7, 11) is 0. The van der Waals surface area contributed by atoms with Gasteiger partial charge < -0.3 is 9.30 Å². The number of benzene rings is 2. The van der Waals surface area contributed by atoms with Crippen molar-refractivity contribution in [1.29, 1.82) is 0 Å². The van der Waals surface area contributed by atoms with Gasteiger partial charge in [0.05, 0.1) is 28.5 Å². The zero-order valence-electron chi connectivity index (χ0n) is 22.9. The minimum absolute atomic E-state index is 0.174. The number of fused-ring (bicyclic) bond motifs is 1. The first-order valence-electron chi connectivity index (χ1n) is 12.8. The minimum atomic E-state index is -0.613. The molecule has 3 heterocycles. The Labute approximate surface area is 236 Å². The minimum Gasteiger partial charge on any atom is -0.463 e. The Morgan fingerprint density at radius 2 is 1.85 bits per heavy atom. The quantitative estimate of drug-likeness (QED) is 0.240. The Bertz CT molecular complexity index is 1790. The number of aryl methyl sites for hydroxylation is 2. The van der Waals surface area contributed by atoms with Crippen molar-refractivity contribution >= 4 is 35.1 Å². The van der Waals surface area contributed by atoms with Crippen LogP contribution in [0.1, 0.15) is 48.0 Å². The van der Waals surface area contributed by atoms with Crippen LogP contribution < -0.4 is 14.9 Å².